The summed E-state index contributed by atoms with van der Waals surface area (Å²) in [6.45, 7) is 0.207. The third-order valence-electron chi connectivity index (χ3n) is 3.54. The number of benzene rings is 2. The Labute approximate surface area is 203 Å². The monoisotopic (exact) mass is 567 g/mol. The highest BCUT2D eigenvalue weighted by atomic mass is 79.9. The molecule has 10 nitrogen and oxygen atoms in total. The van der Waals surface area contributed by atoms with E-state index in [1.54, 1.807) is 36.0 Å². The number of halogens is 2. The third-order valence-corrected chi connectivity index (χ3v) is 6.89. The van der Waals surface area contributed by atoms with E-state index in [-0.39, 0.29) is 17.3 Å². The van der Waals surface area contributed by atoms with Crippen molar-refractivity contribution in [3.05, 3.63) is 45.9 Å². The second-order valence-corrected chi connectivity index (χ2v) is 9.93. The summed E-state index contributed by atoms with van der Waals surface area (Å²) in [6, 6.07) is 8.11. The number of phenols is 1. The lowest BCUT2D eigenvalue weighted by Gasteiger charge is -2.14. The number of rotatable bonds is 8. The maximum absolute atomic E-state index is 12.5. The molecule has 0 atom stereocenters. The van der Waals surface area contributed by atoms with Crippen LogP contribution in [0.2, 0.25) is 5.02 Å². The molecule has 2 aromatic rings. The van der Waals surface area contributed by atoms with Crippen molar-refractivity contribution >= 4 is 72.8 Å². The minimum atomic E-state index is -4.05. The maximum Gasteiger partial charge on any atom is 0.323 e. The molecular weight excluding hydrogens is 546 g/mol. The number of hydrogen-bond donors (Lipinski definition) is 6. The fourth-order valence-corrected chi connectivity index (χ4v) is 4.76. The molecule has 0 saturated heterocycles. The lowest BCUT2D eigenvalue weighted by atomic mass is 10.3. The molecule has 0 fully saturated rings. The number of urea groups is 2. The van der Waals surface area contributed by atoms with E-state index in [2.05, 4.69) is 42.8 Å². The number of carbonyl (C=O) groups excluding carboxylic acids is 2. The van der Waals surface area contributed by atoms with Gasteiger partial charge in [0, 0.05) is 11.0 Å². The van der Waals surface area contributed by atoms with Crippen molar-refractivity contribution in [2.24, 2.45) is 11.5 Å². The predicted octanol–water partition coefficient (Wildman–Crippen LogP) is 3.51. The Hall–Kier alpha value is -2.19. The van der Waals surface area contributed by atoms with Crippen molar-refractivity contribution in [3.8, 4) is 5.75 Å². The second-order valence-electron chi connectivity index (χ2n) is 5.98. The lowest BCUT2D eigenvalue weighted by molar-refractivity contribution is 0.256. The fraction of sp³-hybridized carbons (Fsp3) is 0.222. The standard InChI is InChI=1S/C17H19BrClN3O4S2.CH4N2O/c1-27-10-4-9-20-28(25,26)16-12(19)7-8-14(15(16)23)22-17(24)21-13-6-3-2-5-11(13)18;2-1(3)4/h2-3,5-8,20,23H,4,9-10H2,1H3,(H2,21,22,24);(H4,2,3,4). The first-order valence-corrected chi connectivity index (χ1v) is 12.9. The van der Waals surface area contributed by atoms with Crippen LogP contribution in [0.15, 0.2) is 45.8 Å². The number of hydrogen-bond acceptors (Lipinski definition) is 6. The molecule has 8 N–H and O–H groups in total. The molecule has 2 aromatic carbocycles. The molecule has 0 bridgehead atoms. The summed E-state index contributed by atoms with van der Waals surface area (Å²) in [5.41, 5.74) is 8.93. The van der Waals surface area contributed by atoms with Crippen LogP contribution < -0.4 is 26.8 Å². The van der Waals surface area contributed by atoms with E-state index in [9.17, 15) is 18.3 Å². The number of primary amides is 2. The molecule has 0 aliphatic rings. The van der Waals surface area contributed by atoms with Crippen LogP contribution in [0.4, 0.5) is 21.0 Å². The zero-order valence-corrected chi connectivity index (χ0v) is 20.9. The van der Waals surface area contributed by atoms with Gasteiger partial charge in [0.2, 0.25) is 10.0 Å². The highest BCUT2D eigenvalue weighted by molar-refractivity contribution is 9.10. The van der Waals surface area contributed by atoms with Crippen molar-refractivity contribution in [2.45, 2.75) is 11.3 Å². The Kier molecular flexibility index (Phi) is 11.6. The molecule has 0 aliphatic carbocycles. The van der Waals surface area contributed by atoms with Crippen LogP contribution in [-0.2, 0) is 10.0 Å². The first-order valence-electron chi connectivity index (χ1n) is 8.87. The summed E-state index contributed by atoms with van der Waals surface area (Å²) >= 11 is 10.9. The van der Waals surface area contributed by atoms with Crippen molar-refractivity contribution in [1.29, 1.82) is 0 Å². The van der Waals surface area contributed by atoms with Crippen molar-refractivity contribution in [2.75, 3.05) is 29.2 Å². The Balaban J connectivity index is 0.00000118. The minimum absolute atomic E-state index is 0.0848. The molecule has 2 rings (SSSR count). The van der Waals surface area contributed by atoms with Gasteiger partial charge in [-0.3, -0.25) is 0 Å². The van der Waals surface area contributed by atoms with Crippen LogP contribution in [0, 0.1) is 0 Å². The molecule has 0 aromatic heterocycles. The van der Waals surface area contributed by atoms with Gasteiger partial charge in [0.1, 0.15) is 4.90 Å². The zero-order chi connectivity index (χ0) is 24.3. The number of para-hydroxylation sites is 1. The number of nitrogens with one attached hydrogen (secondary N) is 3. The summed E-state index contributed by atoms with van der Waals surface area (Å²) < 4.78 is 28.1. The Morgan fingerprint density at radius 3 is 2.31 bits per heavy atom. The zero-order valence-electron chi connectivity index (χ0n) is 16.9. The number of anilines is 2. The van der Waals surface area contributed by atoms with E-state index in [0.717, 1.165) is 5.75 Å². The van der Waals surface area contributed by atoms with Gasteiger partial charge in [0.25, 0.3) is 0 Å². The van der Waals surface area contributed by atoms with E-state index in [0.29, 0.717) is 16.6 Å². The topological polar surface area (TPSA) is 177 Å². The van der Waals surface area contributed by atoms with E-state index < -0.39 is 32.7 Å². The van der Waals surface area contributed by atoms with Crippen LogP contribution in [0.25, 0.3) is 0 Å². The van der Waals surface area contributed by atoms with E-state index in [1.807, 2.05) is 6.26 Å². The van der Waals surface area contributed by atoms with Gasteiger partial charge in [-0.1, -0.05) is 23.7 Å². The van der Waals surface area contributed by atoms with Crippen LogP contribution in [0.3, 0.4) is 0 Å². The largest absolute Gasteiger partial charge is 0.504 e. The molecule has 4 amide bonds. The molecule has 0 spiro atoms. The van der Waals surface area contributed by atoms with E-state index in [1.165, 1.54) is 12.1 Å². The number of amides is 4. The highest BCUT2D eigenvalue weighted by Crippen LogP contribution is 2.37. The molecule has 0 aliphatic heterocycles. The van der Waals surface area contributed by atoms with Gasteiger partial charge in [-0.15, -0.1) is 0 Å². The van der Waals surface area contributed by atoms with E-state index >= 15 is 0 Å². The van der Waals surface area contributed by atoms with Crippen LogP contribution in [0.5, 0.6) is 5.75 Å². The number of nitrogens with two attached hydrogens (primary N) is 2. The van der Waals surface area contributed by atoms with Crippen molar-refractivity contribution < 1.29 is 23.1 Å². The molecule has 14 heteroatoms. The van der Waals surface area contributed by atoms with Gasteiger partial charge in [-0.25, -0.2) is 22.7 Å². The first-order chi connectivity index (χ1) is 15.0. The van der Waals surface area contributed by atoms with Gasteiger partial charge in [-0.2, -0.15) is 11.8 Å². The van der Waals surface area contributed by atoms with Crippen LogP contribution in [-0.4, -0.2) is 44.1 Å². The smallest absolute Gasteiger partial charge is 0.323 e. The van der Waals surface area contributed by atoms with Gasteiger partial charge in [0.05, 0.1) is 16.4 Å². The fourth-order valence-electron chi connectivity index (χ4n) is 2.24. The highest BCUT2D eigenvalue weighted by Gasteiger charge is 2.25. The van der Waals surface area contributed by atoms with Crippen LogP contribution >= 0.6 is 39.3 Å². The number of aromatic hydroxyl groups is 1. The average molecular weight is 569 g/mol. The van der Waals surface area contributed by atoms with Crippen molar-refractivity contribution in [3.63, 3.8) is 0 Å². The number of carbonyl (C=O) groups is 2. The van der Waals surface area contributed by atoms with Crippen LogP contribution in [0.1, 0.15) is 6.42 Å². The minimum Gasteiger partial charge on any atom is -0.504 e. The number of thioether (sulfide) groups is 1. The summed E-state index contributed by atoms with van der Waals surface area (Å²) in [5.74, 6) is 0.158. The van der Waals surface area contributed by atoms with Gasteiger partial charge < -0.3 is 27.2 Å². The van der Waals surface area contributed by atoms with Gasteiger partial charge >= 0.3 is 12.1 Å². The normalized spacial score (nSPS) is 10.6. The Bertz CT molecular complexity index is 1050. The van der Waals surface area contributed by atoms with Gasteiger partial charge in [0.15, 0.2) is 5.75 Å². The average Bonchev–Trinajstić information content (AvgIpc) is 2.69. The molecule has 0 heterocycles. The summed E-state index contributed by atoms with van der Waals surface area (Å²) in [7, 11) is -4.05. The maximum atomic E-state index is 12.5. The predicted molar refractivity (Wildman–Crippen MR) is 132 cm³/mol. The molecule has 0 saturated carbocycles. The number of sulfonamides is 1. The van der Waals surface area contributed by atoms with E-state index in [4.69, 9.17) is 16.4 Å². The molecule has 32 heavy (non-hydrogen) atoms. The molecule has 0 unspecified atom stereocenters. The molecule has 176 valence electrons. The Morgan fingerprint density at radius 2 is 1.72 bits per heavy atom. The SMILES string of the molecule is CSCCCNS(=O)(=O)c1c(Cl)ccc(NC(=O)Nc2ccccc2Br)c1O.NC(N)=O. The van der Waals surface area contributed by atoms with Gasteiger partial charge in [-0.05, 0) is 58.6 Å². The summed E-state index contributed by atoms with van der Waals surface area (Å²) in [5, 5.41) is 15.3. The second kappa shape index (κ2) is 13.4. The first kappa shape index (κ1) is 27.8. The quantitative estimate of drug-likeness (QED) is 0.210. The lowest BCUT2D eigenvalue weighted by Crippen LogP contribution is -2.26. The summed E-state index contributed by atoms with van der Waals surface area (Å²) in [4.78, 5) is 20.7. The Morgan fingerprint density at radius 1 is 1.12 bits per heavy atom. The summed E-state index contributed by atoms with van der Waals surface area (Å²) in [6.07, 6.45) is 2.55. The molecular formula is C18H23BrClN5O5S2. The van der Waals surface area contributed by atoms with Crippen molar-refractivity contribution in [1.82, 2.24) is 4.72 Å². The third kappa shape index (κ3) is 9.12. The molecule has 0 radical (unpaired) electrons. The number of phenolic OH excluding ortho intramolecular Hbond substituents is 1.